The van der Waals surface area contributed by atoms with E-state index in [1.54, 1.807) is 0 Å². The van der Waals surface area contributed by atoms with Crippen molar-refractivity contribution in [1.82, 2.24) is 4.90 Å². The first kappa shape index (κ1) is 14.0. The second-order valence-corrected chi connectivity index (χ2v) is 5.53. The van der Waals surface area contributed by atoms with Gasteiger partial charge in [0.25, 0.3) is 0 Å². The molecule has 2 rings (SSSR count). The van der Waals surface area contributed by atoms with Gasteiger partial charge in [-0.05, 0) is 31.0 Å². The fourth-order valence-electron chi connectivity index (χ4n) is 2.37. The van der Waals surface area contributed by atoms with Crippen molar-refractivity contribution in [3.8, 4) is 0 Å². The van der Waals surface area contributed by atoms with E-state index in [-0.39, 0.29) is 5.91 Å². The summed E-state index contributed by atoms with van der Waals surface area (Å²) in [6, 6.07) is 7.34. The van der Waals surface area contributed by atoms with Gasteiger partial charge in [0.2, 0.25) is 5.91 Å². The number of carbonyl (C=O) groups is 1. The average Bonchev–Trinajstić information content (AvgIpc) is 2.75. The van der Waals surface area contributed by atoms with E-state index in [2.05, 4.69) is 17.1 Å². The highest BCUT2D eigenvalue weighted by Gasteiger charge is 2.20. The number of hydrogen-bond acceptors (Lipinski definition) is 3. The third-order valence-corrected chi connectivity index (χ3v) is 3.56. The number of para-hydroxylation sites is 1. The lowest BCUT2D eigenvalue weighted by atomic mass is 10.2. The van der Waals surface area contributed by atoms with Crippen LogP contribution in [0.2, 0.25) is 0 Å². The first-order chi connectivity index (χ1) is 9.06. The third kappa shape index (κ3) is 3.75. The van der Waals surface area contributed by atoms with Crippen molar-refractivity contribution in [3.05, 3.63) is 29.8 Å². The van der Waals surface area contributed by atoms with Gasteiger partial charge in [-0.1, -0.05) is 31.3 Å². The lowest BCUT2D eigenvalue weighted by Gasteiger charge is -2.16. The molecule has 0 aromatic heterocycles. The van der Waals surface area contributed by atoms with Crippen LogP contribution in [0.5, 0.6) is 0 Å². The highest BCUT2D eigenvalue weighted by atomic mass is 32.1. The van der Waals surface area contributed by atoms with Crippen LogP contribution in [0.4, 0.5) is 5.69 Å². The minimum absolute atomic E-state index is 0.0159. The SMILES string of the molecule is CC1CCN(CC(=O)Nc2ccccc2C(N)=S)C1. The van der Waals surface area contributed by atoms with Gasteiger partial charge in [0.1, 0.15) is 4.99 Å². The Kier molecular flexibility index (Phi) is 4.50. The Morgan fingerprint density at radius 1 is 1.53 bits per heavy atom. The molecule has 0 aliphatic carbocycles. The lowest BCUT2D eigenvalue weighted by molar-refractivity contribution is -0.117. The molecule has 5 heteroatoms. The Bertz CT molecular complexity index is 489. The number of thiocarbonyl (C=S) groups is 1. The zero-order valence-electron chi connectivity index (χ0n) is 11.1. The number of anilines is 1. The monoisotopic (exact) mass is 277 g/mol. The number of nitrogens with two attached hydrogens (primary N) is 1. The summed E-state index contributed by atoms with van der Waals surface area (Å²) in [5.74, 6) is 0.662. The van der Waals surface area contributed by atoms with Gasteiger partial charge in [-0.15, -0.1) is 0 Å². The van der Waals surface area contributed by atoms with Gasteiger partial charge >= 0.3 is 0 Å². The topological polar surface area (TPSA) is 58.4 Å². The summed E-state index contributed by atoms with van der Waals surface area (Å²) in [5.41, 5.74) is 7.04. The van der Waals surface area contributed by atoms with Crippen LogP contribution < -0.4 is 11.1 Å². The second kappa shape index (κ2) is 6.12. The molecule has 3 N–H and O–H groups in total. The van der Waals surface area contributed by atoms with Gasteiger partial charge < -0.3 is 11.1 Å². The van der Waals surface area contributed by atoms with Crippen LogP contribution in [0.3, 0.4) is 0 Å². The molecule has 1 saturated heterocycles. The van der Waals surface area contributed by atoms with E-state index in [4.69, 9.17) is 18.0 Å². The normalized spacial score (nSPS) is 19.3. The van der Waals surface area contributed by atoms with E-state index in [9.17, 15) is 4.79 Å². The van der Waals surface area contributed by atoms with Crippen molar-refractivity contribution < 1.29 is 4.79 Å². The van der Waals surface area contributed by atoms with E-state index in [1.165, 1.54) is 0 Å². The van der Waals surface area contributed by atoms with Crippen molar-refractivity contribution in [2.45, 2.75) is 13.3 Å². The zero-order valence-corrected chi connectivity index (χ0v) is 11.9. The van der Waals surface area contributed by atoms with Gasteiger partial charge in [0.05, 0.1) is 12.2 Å². The Hall–Kier alpha value is -1.46. The minimum atomic E-state index is -0.0159. The van der Waals surface area contributed by atoms with E-state index in [0.717, 1.165) is 19.5 Å². The molecule has 1 fully saturated rings. The van der Waals surface area contributed by atoms with Crippen molar-refractivity contribution in [2.75, 3.05) is 25.0 Å². The smallest absolute Gasteiger partial charge is 0.238 e. The summed E-state index contributed by atoms with van der Waals surface area (Å²) >= 11 is 4.98. The number of nitrogens with zero attached hydrogens (tertiary/aromatic N) is 1. The van der Waals surface area contributed by atoms with Crippen LogP contribution in [0.1, 0.15) is 18.9 Å². The van der Waals surface area contributed by atoms with Crippen molar-refractivity contribution >= 4 is 28.8 Å². The molecule has 1 heterocycles. The van der Waals surface area contributed by atoms with Crippen LogP contribution in [0, 0.1) is 5.92 Å². The quantitative estimate of drug-likeness (QED) is 0.821. The number of rotatable bonds is 4. The first-order valence-corrected chi connectivity index (χ1v) is 6.88. The Morgan fingerprint density at radius 3 is 2.89 bits per heavy atom. The summed E-state index contributed by atoms with van der Waals surface area (Å²) in [7, 11) is 0. The molecule has 0 saturated carbocycles. The molecule has 1 atom stereocenters. The van der Waals surface area contributed by atoms with Crippen LogP contribution >= 0.6 is 12.2 Å². The molecule has 1 aromatic carbocycles. The number of hydrogen-bond donors (Lipinski definition) is 2. The summed E-state index contributed by atoms with van der Waals surface area (Å²) < 4.78 is 0. The molecule has 102 valence electrons. The van der Waals surface area contributed by atoms with Crippen LogP contribution in [-0.4, -0.2) is 35.4 Å². The van der Waals surface area contributed by atoms with Gasteiger partial charge in [-0.25, -0.2) is 0 Å². The van der Waals surface area contributed by atoms with Crippen LogP contribution in [-0.2, 0) is 4.79 Å². The largest absolute Gasteiger partial charge is 0.389 e. The van der Waals surface area contributed by atoms with Crippen molar-refractivity contribution in [1.29, 1.82) is 0 Å². The molecule has 1 aliphatic rings. The van der Waals surface area contributed by atoms with Gasteiger partial charge in [-0.2, -0.15) is 0 Å². The maximum atomic E-state index is 12.0. The highest BCUT2D eigenvalue weighted by molar-refractivity contribution is 7.80. The van der Waals surface area contributed by atoms with E-state index in [0.29, 0.717) is 28.7 Å². The molecule has 0 spiro atoms. The number of amides is 1. The average molecular weight is 277 g/mol. The predicted octanol–water partition coefficient (Wildman–Crippen LogP) is 1.60. The maximum Gasteiger partial charge on any atom is 0.238 e. The maximum absolute atomic E-state index is 12.0. The van der Waals surface area contributed by atoms with E-state index >= 15 is 0 Å². The summed E-state index contributed by atoms with van der Waals surface area (Å²) in [6.07, 6.45) is 1.16. The summed E-state index contributed by atoms with van der Waals surface area (Å²) in [5, 5.41) is 2.89. The summed E-state index contributed by atoms with van der Waals surface area (Å²) in [6.45, 7) is 4.62. The molecular formula is C14H19N3OS. The number of carbonyl (C=O) groups excluding carboxylic acids is 1. The molecule has 0 radical (unpaired) electrons. The lowest BCUT2D eigenvalue weighted by Crippen LogP contribution is -2.32. The molecule has 19 heavy (non-hydrogen) atoms. The highest BCUT2D eigenvalue weighted by Crippen LogP contribution is 2.17. The van der Waals surface area contributed by atoms with Gasteiger partial charge in [0, 0.05) is 12.1 Å². The van der Waals surface area contributed by atoms with Crippen LogP contribution in [0.25, 0.3) is 0 Å². The van der Waals surface area contributed by atoms with E-state index < -0.39 is 0 Å². The Labute approximate surface area is 119 Å². The fraction of sp³-hybridized carbons (Fsp3) is 0.429. The van der Waals surface area contributed by atoms with Crippen LogP contribution in [0.15, 0.2) is 24.3 Å². The molecule has 1 unspecified atom stereocenters. The predicted molar refractivity (Wildman–Crippen MR) is 81.2 cm³/mol. The number of likely N-dealkylation sites (tertiary alicyclic amines) is 1. The number of nitrogens with one attached hydrogen (secondary N) is 1. The molecule has 1 aliphatic heterocycles. The van der Waals surface area contributed by atoms with Gasteiger partial charge in [-0.3, -0.25) is 9.69 Å². The third-order valence-electron chi connectivity index (χ3n) is 3.34. The van der Waals surface area contributed by atoms with E-state index in [1.807, 2.05) is 24.3 Å². The Balaban J connectivity index is 1.97. The minimum Gasteiger partial charge on any atom is -0.389 e. The summed E-state index contributed by atoms with van der Waals surface area (Å²) in [4.78, 5) is 14.5. The molecular weight excluding hydrogens is 258 g/mol. The zero-order chi connectivity index (χ0) is 13.8. The second-order valence-electron chi connectivity index (χ2n) is 5.09. The fourth-order valence-corrected chi connectivity index (χ4v) is 2.55. The molecule has 1 amide bonds. The first-order valence-electron chi connectivity index (χ1n) is 6.47. The molecule has 4 nitrogen and oxygen atoms in total. The standard InChI is InChI=1S/C14H19N3OS/c1-10-6-7-17(8-10)9-13(18)16-12-5-3-2-4-11(12)14(15)19/h2-5,10H,6-9H2,1H3,(H2,15,19)(H,16,18). The molecule has 1 aromatic rings. The molecule has 0 bridgehead atoms. The van der Waals surface area contributed by atoms with Gasteiger partial charge in [0.15, 0.2) is 0 Å². The van der Waals surface area contributed by atoms with Crippen molar-refractivity contribution in [2.24, 2.45) is 11.7 Å². The number of benzene rings is 1. The Morgan fingerprint density at radius 2 is 2.26 bits per heavy atom. The van der Waals surface area contributed by atoms with Crippen molar-refractivity contribution in [3.63, 3.8) is 0 Å².